The van der Waals surface area contributed by atoms with Crippen molar-refractivity contribution in [3.63, 3.8) is 0 Å². The molecule has 1 aliphatic rings. The number of aromatic carboxylic acids is 1. The van der Waals surface area contributed by atoms with Gasteiger partial charge in [0, 0.05) is 24.1 Å². The van der Waals surface area contributed by atoms with Crippen LogP contribution in [0.15, 0.2) is 54.6 Å². The highest BCUT2D eigenvalue weighted by Crippen LogP contribution is 2.11. The zero-order valence-electron chi connectivity index (χ0n) is 18.4. The van der Waals surface area contributed by atoms with Crippen molar-refractivity contribution in [1.82, 2.24) is 10.8 Å². The van der Waals surface area contributed by atoms with Gasteiger partial charge < -0.3 is 10.2 Å². The molecule has 2 aromatic rings. The average Bonchev–Trinajstić information content (AvgIpc) is 3.15. The number of ketones is 1. The number of hydrogen-bond donors (Lipinski definition) is 4. The van der Waals surface area contributed by atoms with Crippen LogP contribution in [-0.2, 0) is 19.2 Å². The first kappa shape index (κ1) is 26.4. The minimum absolute atomic E-state index is 0.0465. The van der Waals surface area contributed by atoms with Crippen LogP contribution < -0.4 is 10.8 Å². The van der Waals surface area contributed by atoms with Gasteiger partial charge in [0.2, 0.25) is 5.91 Å². The van der Waals surface area contributed by atoms with E-state index in [9.17, 15) is 24.0 Å². The minimum atomic E-state index is -0.997. The van der Waals surface area contributed by atoms with Crippen LogP contribution in [0.3, 0.4) is 0 Å². The van der Waals surface area contributed by atoms with Crippen molar-refractivity contribution in [3.05, 3.63) is 71.3 Å². The van der Waals surface area contributed by atoms with Crippen LogP contribution in [0, 0.1) is 0 Å². The van der Waals surface area contributed by atoms with Gasteiger partial charge in [-0.2, -0.15) is 0 Å². The van der Waals surface area contributed by atoms with Gasteiger partial charge in [0.25, 0.3) is 5.91 Å². The lowest BCUT2D eigenvalue weighted by molar-refractivity contribution is -0.137. The van der Waals surface area contributed by atoms with Crippen molar-refractivity contribution in [2.45, 2.75) is 38.2 Å². The van der Waals surface area contributed by atoms with Crippen molar-refractivity contribution in [1.29, 1.82) is 0 Å². The predicted octanol–water partition coefficient (Wildman–Crippen LogP) is 2.18. The number of nitrogens with one attached hydrogen (secondary N) is 2. The van der Waals surface area contributed by atoms with Gasteiger partial charge in [-0.05, 0) is 25.0 Å². The molecule has 3 rings (SSSR count). The standard InChI is InChI=1S/C14H10O3.C10H16N2O5/c15-13(10-4-2-1-3-5-10)11-6-8-12(9-7-11)14(16)17;13-8-6-7(10(16)12-8)17-11-5-3-1-2-4-9(14)15/h1-9H,(H,16,17);7,11H,1-6H2,(H,14,15)(H,12,13,16). The van der Waals surface area contributed by atoms with Crippen molar-refractivity contribution >= 4 is 29.5 Å². The molecular weight excluding hydrogens is 444 g/mol. The molecule has 1 saturated heterocycles. The number of carbonyl (C=O) groups is 5. The van der Waals surface area contributed by atoms with Crippen molar-refractivity contribution < 1.29 is 39.0 Å². The van der Waals surface area contributed by atoms with Crippen molar-refractivity contribution in [3.8, 4) is 0 Å². The second-order valence-electron chi connectivity index (χ2n) is 7.40. The summed E-state index contributed by atoms with van der Waals surface area (Å²) in [6.07, 6.45) is 1.63. The molecule has 0 bridgehead atoms. The maximum absolute atomic E-state index is 12.0. The van der Waals surface area contributed by atoms with Crippen molar-refractivity contribution in [2.24, 2.45) is 0 Å². The molecule has 1 unspecified atom stereocenters. The largest absolute Gasteiger partial charge is 0.481 e. The van der Waals surface area contributed by atoms with Gasteiger partial charge in [0.05, 0.1) is 12.0 Å². The SMILES string of the molecule is O=C(O)CCCCCNOC1CC(=O)NC1=O.O=C(O)c1ccc(C(=O)c2ccccc2)cc1. The summed E-state index contributed by atoms with van der Waals surface area (Å²) >= 11 is 0. The number of carboxylic acids is 2. The number of aliphatic carboxylic acids is 1. The molecule has 2 aromatic carbocycles. The Kier molecular flexibility index (Phi) is 10.6. The quantitative estimate of drug-likeness (QED) is 0.167. The number of amides is 2. The van der Waals surface area contributed by atoms with E-state index in [1.54, 1.807) is 24.3 Å². The minimum Gasteiger partial charge on any atom is -0.481 e. The van der Waals surface area contributed by atoms with E-state index in [1.165, 1.54) is 24.3 Å². The Morgan fingerprint density at radius 3 is 2.06 bits per heavy atom. The third-order valence-electron chi connectivity index (χ3n) is 4.75. The summed E-state index contributed by atoms with van der Waals surface area (Å²) in [5, 5.41) is 19.3. The van der Waals surface area contributed by atoms with E-state index in [0.29, 0.717) is 24.1 Å². The van der Waals surface area contributed by atoms with Gasteiger partial charge >= 0.3 is 11.9 Å². The van der Waals surface area contributed by atoms with Crippen LogP contribution in [0.5, 0.6) is 0 Å². The predicted molar refractivity (Wildman–Crippen MR) is 120 cm³/mol. The molecule has 0 aromatic heterocycles. The Labute approximate surface area is 195 Å². The first-order chi connectivity index (χ1) is 16.3. The maximum atomic E-state index is 12.0. The molecule has 180 valence electrons. The molecule has 10 heteroatoms. The molecule has 1 aliphatic heterocycles. The highest BCUT2D eigenvalue weighted by molar-refractivity contribution is 6.09. The molecule has 0 saturated carbocycles. The Morgan fingerprint density at radius 2 is 1.50 bits per heavy atom. The molecule has 34 heavy (non-hydrogen) atoms. The molecule has 10 nitrogen and oxygen atoms in total. The zero-order valence-corrected chi connectivity index (χ0v) is 18.4. The normalized spacial score (nSPS) is 14.6. The molecule has 1 atom stereocenters. The zero-order chi connectivity index (χ0) is 24.9. The van der Waals surface area contributed by atoms with Gasteiger partial charge in [-0.1, -0.05) is 48.9 Å². The Morgan fingerprint density at radius 1 is 0.882 bits per heavy atom. The van der Waals surface area contributed by atoms with E-state index in [4.69, 9.17) is 15.1 Å². The second-order valence-corrected chi connectivity index (χ2v) is 7.40. The fourth-order valence-corrected chi connectivity index (χ4v) is 2.96. The Balaban J connectivity index is 0.000000240. The van der Waals surface area contributed by atoms with Crippen LogP contribution in [0.1, 0.15) is 58.4 Å². The van der Waals surface area contributed by atoms with E-state index in [2.05, 4.69) is 10.8 Å². The summed E-state index contributed by atoms with van der Waals surface area (Å²) in [6, 6.07) is 14.8. The Hall–Kier alpha value is -3.89. The van der Waals surface area contributed by atoms with Gasteiger partial charge in [-0.3, -0.25) is 29.3 Å². The maximum Gasteiger partial charge on any atom is 0.335 e. The number of carbonyl (C=O) groups excluding carboxylic acids is 3. The molecule has 1 fully saturated rings. The smallest absolute Gasteiger partial charge is 0.335 e. The van der Waals surface area contributed by atoms with Crippen LogP contribution in [0.2, 0.25) is 0 Å². The van der Waals surface area contributed by atoms with Crippen LogP contribution in [0.25, 0.3) is 0 Å². The molecule has 0 radical (unpaired) electrons. The molecular formula is C24H26N2O8. The second kappa shape index (κ2) is 13.6. The van der Waals surface area contributed by atoms with E-state index in [0.717, 1.165) is 12.8 Å². The van der Waals surface area contributed by atoms with E-state index in [1.807, 2.05) is 6.07 Å². The molecule has 2 amide bonds. The summed E-state index contributed by atoms with van der Waals surface area (Å²) < 4.78 is 0. The van der Waals surface area contributed by atoms with Crippen LogP contribution in [-0.4, -0.2) is 52.4 Å². The molecule has 0 spiro atoms. The number of carboxylic acid groups (broad SMARTS) is 2. The summed E-state index contributed by atoms with van der Waals surface area (Å²) in [7, 11) is 0. The Bertz CT molecular complexity index is 1010. The molecule has 0 aliphatic carbocycles. The highest BCUT2D eigenvalue weighted by Gasteiger charge is 2.31. The number of imide groups is 1. The monoisotopic (exact) mass is 470 g/mol. The van der Waals surface area contributed by atoms with E-state index >= 15 is 0 Å². The number of hydrogen-bond acceptors (Lipinski definition) is 7. The summed E-state index contributed by atoms with van der Waals surface area (Å²) in [6.45, 7) is 0.525. The first-order valence-electron chi connectivity index (χ1n) is 10.6. The molecule has 1 heterocycles. The average molecular weight is 470 g/mol. The highest BCUT2D eigenvalue weighted by atomic mass is 16.7. The van der Waals surface area contributed by atoms with Gasteiger partial charge in [0.1, 0.15) is 0 Å². The first-order valence-corrected chi connectivity index (χ1v) is 10.6. The number of unbranched alkanes of at least 4 members (excludes halogenated alkanes) is 2. The number of benzene rings is 2. The topological polar surface area (TPSA) is 159 Å². The number of rotatable bonds is 11. The van der Waals surface area contributed by atoms with E-state index in [-0.39, 0.29) is 30.1 Å². The van der Waals surface area contributed by atoms with Gasteiger partial charge in [0.15, 0.2) is 11.9 Å². The third kappa shape index (κ3) is 8.93. The number of hydroxylamine groups is 1. The third-order valence-corrected chi connectivity index (χ3v) is 4.75. The summed E-state index contributed by atoms with van der Waals surface area (Å²) in [4.78, 5) is 59.7. The summed E-state index contributed by atoms with van der Waals surface area (Å²) in [5.41, 5.74) is 3.86. The summed E-state index contributed by atoms with van der Waals surface area (Å²) in [5.74, 6) is -2.65. The fraction of sp³-hybridized carbons (Fsp3) is 0.292. The van der Waals surface area contributed by atoms with Gasteiger partial charge in [-0.25, -0.2) is 10.3 Å². The van der Waals surface area contributed by atoms with E-state index < -0.39 is 23.9 Å². The van der Waals surface area contributed by atoms with Crippen LogP contribution in [0.4, 0.5) is 0 Å². The van der Waals surface area contributed by atoms with Gasteiger partial charge in [-0.15, -0.1) is 0 Å². The lowest BCUT2D eigenvalue weighted by atomic mass is 10.0. The van der Waals surface area contributed by atoms with Crippen LogP contribution >= 0.6 is 0 Å². The lowest BCUT2D eigenvalue weighted by Gasteiger charge is -2.08. The lowest BCUT2D eigenvalue weighted by Crippen LogP contribution is -2.31. The van der Waals surface area contributed by atoms with Crippen molar-refractivity contribution in [2.75, 3.05) is 6.54 Å². The molecule has 4 N–H and O–H groups in total. The fourth-order valence-electron chi connectivity index (χ4n) is 2.96.